The van der Waals surface area contributed by atoms with Crippen molar-refractivity contribution in [1.82, 2.24) is 19.7 Å². The van der Waals surface area contributed by atoms with E-state index in [1.807, 2.05) is 18.3 Å². The number of rotatable bonds is 4. The van der Waals surface area contributed by atoms with Crippen molar-refractivity contribution in [2.45, 2.75) is 32.1 Å². The largest absolute Gasteiger partial charge is 0.435 e. The highest BCUT2D eigenvalue weighted by molar-refractivity contribution is 5.08. The Kier molecular flexibility index (Phi) is 5.17. The first-order valence-electron chi connectivity index (χ1n) is 8.18. The van der Waals surface area contributed by atoms with Gasteiger partial charge in [-0.1, -0.05) is 6.07 Å². The Bertz CT molecular complexity index is 752. The Hall–Kier alpha value is -2.22. The first-order valence-corrected chi connectivity index (χ1v) is 8.18. The maximum absolute atomic E-state index is 12.7. The molecule has 2 aromatic heterocycles. The fourth-order valence-electron chi connectivity index (χ4n) is 3.05. The number of nitrogens with zero attached hydrogens (tertiary/aromatic N) is 4. The summed E-state index contributed by atoms with van der Waals surface area (Å²) in [5.41, 5.74) is -0.386. The van der Waals surface area contributed by atoms with E-state index in [1.54, 1.807) is 6.20 Å². The van der Waals surface area contributed by atoms with E-state index in [4.69, 9.17) is 0 Å². The fourth-order valence-corrected chi connectivity index (χ4v) is 3.05. The van der Waals surface area contributed by atoms with E-state index >= 15 is 0 Å². The van der Waals surface area contributed by atoms with Gasteiger partial charge in [0.25, 0.3) is 5.56 Å². The lowest BCUT2D eigenvalue weighted by Crippen LogP contribution is -2.36. The molecule has 0 saturated carbocycles. The average Bonchev–Trinajstić information content (AvgIpc) is 2.58. The van der Waals surface area contributed by atoms with Crippen molar-refractivity contribution in [3.05, 3.63) is 58.3 Å². The first kappa shape index (κ1) is 17.6. The second-order valence-electron chi connectivity index (χ2n) is 6.32. The highest BCUT2D eigenvalue weighted by atomic mass is 19.4. The summed E-state index contributed by atoms with van der Waals surface area (Å²) in [5, 5.41) is 3.48. The third-order valence-corrected chi connectivity index (χ3v) is 4.42. The molecule has 2 aromatic rings. The average molecular weight is 352 g/mol. The Morgan fingerprint density at radius 2 is 1.92 bits per heavy atom. The number of hydrogen-bond acceptors (Lipinski definition) is 4. The molecule has 0 amide bonds. The smallest absolute Gasteiger partial charge is 0.299 e. The summed E-state index contributed by atoms with van der Waals surface area (Å²) in [6.45, 7) is 2.71. The number of aromatic nitrogens is 3. The van der Waals surface area contributed by atoms with Gasteiger partial charge < -0.3 is 0 Å². The molecule has 0 atom stereocenters. The van der Waals surface area contributed by atoms with Gasteiger partial charge in [-0.2, -0.15) is 18.3 Å². The zero-order valence-corrected chi connectivity index (χ0v) is 13.6. The summed E-state index contributed by atoms with van der Waals surface area (Å²) in [6, 6.07) is 5.59. The van der Waals surface area contributed by atoms with Gasteiger partial charge in [0.05, 0.1) is 0 Å². The van der Waals surface area contributed by atoms with E-state index in [-0.39, 0.29) is 12.5 Å². The molecular formula is C17H19F3N4O. The Morgan fingerprint density at radius 3 is 2.56 bits per heavy atom. The normalized spacial score (nSPS) is 16.9. The quantitative estimate of drug-likeness (QED) is 0.849. The molecule has 3 rings (SSSR count). The third-order valence-electron chi connectivity index (χ3n) is 4.42. The van der Waals surface area contributed by atoms with Crippen molar-refractivity contribution < 1.29 is 13.2 Å². The lowest BCUT2D eigenvalue weighted by Gasteiger charge is -2.31. The van der Waals surface area contributed by atoms with Gasteiger partial charge in [0, 0.05) is 31.5 Å². The minimum atomic E-state index is -4.54. The van der Waals surface area contributed by atoms with E-state index in [0.717, 1.165) is 54.9 Å². The van der Waals surface area contributed by atoms with Gasteiger partial charge in [0.15, 0.2) is 5.69 Å². The zero-order chi connectivity index (χ0) is 17.9. The molecular weight excluding hydrogens is 333 g/mol. The van der Waals surface area contributed by atoms with Crippen molar-refractivity contribution >= 4 is 0 Å². The van der Waals surface area contributed by atoms with Gasteiger partial charge in [-0.3, -0.25) is 14.7 Å². The predicted molar refractivity (Wildman–Crippen MR) is 85.7 cm³/mol. The lowest BCUT2D eigenvalue weighted by atomic mass is 9.96. The van der Waals surface area contributed by atoms with Gasteiger partial charge in [0.1, 0.15) is 0 Å². The van der Waals surface area contributed by atoms with Gasteiger partial charge in [-0.05, 0) is 49.5 Å². The molecule has 5 nitrogen and oxygen atoms in total. The van der Waals surface area contributed by atoms with E-state index in [0.29, 0.717) is 0 Å². The van der Waals surface area contributed by atoms with Crippen LogP contribution in [0.25, 0.3) is 0 Å². The molecule has 0 aliphatic carbocycles. The van der Waals surface area contributed by atoms with Crippen molar-refractivity contribution in [3.8, 4) is 0 Å². The molecule has 0 bridgehead atoms. The van der Waals surface area contributed by atoms with E-state index < -0.39 is 17.4 Å². The molecule has 1 saturated heterocycles. The second-order valence-corrected chi connectivity index (χ2v) is 6.32. The molecule has 1 aliphatic heterocycles. The molecule has 3 heterocycles. The molecule has 1 aliphatic rings. The monoisotopic (exact) mass is 352 g/mol. The van der Waals surface area contributed by atoms with E-state index in [2.05, 4.69) is 15.0 Å². The maximum atomic E-state index is 12.7. The van der Waals surface area contributed by atoms with Crippen LogP contribution in [0.5, 0.6) is 0 Å². The number of piperidine rings is 1. The summed E-state index contributed by atoms with van der Waals surface area (Å²) in [4.78, 5) is 18.2. The number of hydrogen-bond donors (Lipinski definition) is 0. The van der Waals surface area contributed by atoms with Crippen LogP contribution in [0.4, 0.5) is 13.2 Å². The van der Waals surface area contributed by atoms with E-state index in [9.17, 15) is 18.0 Å². The number of halogens is 3. The topological polar surface area (TPSA) is 51.0 Å². The van der Waals surface area contributed by atoms with Gasteiger partial charge >= 0.3 is 6.18 Å². The summed E-state index contributed by atoms with van der Waals surface area (Å²) >= 11 is 0. The molecule has 25 heavy (non-hydrogen) atoms. The zero-order valence-electron chi connectivity index (χ0n) is 13.6. The van der Waals surface area contributed by atoms with Crippen molar-refractivity contribution in [2.24, 2.45) is 5.92 Å². The van der Waals surface area contributed by atoms with Crippen molar-refractivity contribution in [3.63, 3.8) is 0 Å². The van der Waals surface area contributed by atoms with Crippen molar-refractivity contribution in [1.29, 1.82) is 0 Å². The Balaban J connectivity index is 1.58. The van der Waals surface area contributed by atoms with Crippen LogP contribution in [0.3, 0.4) is 0 Å². The Labute approximate surface area is 143 Å². The highest BCUT2D eigenvalue weighted by Gasteiger charge is 2.33. The number of alkyl halides is 3. The van der Waals surface area contributed by atoms with Crippen LogP contribution >= 0.6 is 0 Å². The van der Waals surface area contributed by atoms with Crippen LogP contribution in [0.2, 0.25) is 0 Å². The minimum Gasteiger partial charge on any atom is -0.299 e. The summed E-state index contributed by atoms with van der Waals surface area (Å²) < 4.78 is 39.2. The SMILES string of the molecule is O=c1ccc(C(F)(F)F)nn1CC1CCN(Cc2cccnc2)CC1. The molecule has 1 fully saturated rings. The molecule has 0 unspecified atom stereocenters. The van der Waals surface area contributed by atoms with Crippen LogP contribution in [0, 0.1) is 5.92 Å². The summed E-state index contributed by atoms with van der Waals surface area (Å²) in [7, 11) is 0. The molecule has 0 aromatic carbocycles. The fraction of sp³-hybridized carbons (Fsp3) is 0.471. The summed E-state index contributed by atoms with van der Waals surface area (Å²) in [6.07, 6.45) is 0.672. The van der Waals surface area contributed by atoms with E-state index in [1.165, 1.54) is 0 Å². The number of pyridine rings is 1. The lowest BCUT2D eigenvalue weighted by molar-refractivity contribution is -0.142. The third kappa shape index (κ3) is 4.66. The minimum absolute atomic E-state index is 0.152. The van der Waals surface area contributed by atoms with Crippen molar-refractivity contribution in [2.75, 3.05) is 13.1 Å². The van der Waals surface area contributed by atoms with Crippen LogP contribution < -0.4 is 5.56 Å². The predicted octanol–water partition coefficient (Wildman–Crippen LogP) is 2.57. The van der Waals surface area contributed by atoms with Gasteiger partial charge in [0.2, 0.25) is 0 Å². The van der Waals surface area contributed by atoms with Gasteiger partial charge in [-0.15, -0.1) is 0 Å². The molecule has 0 radical (unpaired) electrons. The molecule has 0 spiro atoms. The summed E-state index contributed by atoms with van der Waals surface area (Å²) in [5.74, 6) is 0.152. The molecule has 8 heteroatoms. The second kappa shape index (κ2) is 7.35. The highest BCUT2D eigenvalue weighted by Crippen LogP contribution is 2.26. The van der Waals surface area contributed by atoms with Crippen LogP contribution in [0.15, 0.2) is 41.5 Å². The molecule has 134 valence electrons. The van der Waals surface area contributed by atoms with Crippen LogP contribution in [0.1, 0.15) is 24.1 Å². The maximum Gasteiger partial charge on any atom is 0.435 e. The Morgan fingerprint density at radius 1 is 1.16 bits per heavy atom. The standard InChI is InChI=1S/C17H19F3N4O/c18-17(19,20)15-3-4-16(25)24(22-15)12-13-5-8-23(9-6-13)11-14-2-1-7-21-10-14/h1-4,7,10,13H,5-6,8-9,11-12H2. The van der Waals surface area contributed by atoms with Crippen LogP contribution in [-0.2, 0) is 19.3 Å². The first-order chi connectivity index (χ1) is 11.9. The van der Waals surface area contributed by atoms with Gasteiger partial charge in [-0.25, -0.2) is 4.68 Å². The van der Waals surface area contributed by atoms with Crippen LogP contribution in [-0.4, -0.2) is 32.8 Å². The number of likely N-dealkylation sites (tertiary alicyclic amines) is 1. The molecule has 0 N–H and O–H groups in total.